The molecule has 1 amide bonds. The number of aliphatic hydroxyl groups is 1. The summed E-state index contributed by atoms with van der Waals surface area (Å²) >= 11 is 0. The minimum absolute atomic E-state index is 0.0420. The summed E-state index contributed by atoms with van der Waals surface area (Å²) in [5, 5.41) is 12.0. The average Bonchev–Trinajstić information content (AvgIpc) is 3.03. The Morgan fingerprint density at radius 3 is 2.35 bits per heavy atom. The van der Waals surface area contributed by atoms with Crippen molar-refractivity contribution >= 4 is 23.5 Å². The molecule has 1 aromatic rings. The molecule has 1 saturated heterocycles. The van der Waals surface area contributed by atoms with Crippen LogP contribution in [0, 0.1) is 0 Å². The van der Waals surface area contributed by atoms with Crippen LogP contribution in [0.2, 0.25) is 0 Å². The molecule has 0 bridgehead atoms. The molecule has 8 heteroatoms. The number of quaternary nitrogens is 1. The van der Waals surface area contributed by atoms with Gasteiger partial charge in [0, 0.05) is 25.5 Å². The smallest absolute Gasteiger partial charge is 0.394 e. The lowest BCUT2D eigenvalue weighted by Gasteiger charge is -2.30. The highest BCUT2D eigenvalue weighted by atomic mass is 16.8. The highest BCUT2D eigenvalue weighted by Crippen LogP contribution is 2.22. The van der Waals surface area contributed by atoms with Crippen molar-refractivity contribution in [1.82, 2.24) is 0 Å². The molecule has 0 aliphatic carbocycles. The van der Waals surface area contributed by atoms with Crippen molar-refractivity contribution in [1.29, 1.82) is 0 Å². The van der Waals surface area contributed by atoms with Crippen LogP contribution in [-0.4, -0.2) is 53.3 Å². The first-order valence-corrected chi connectivity index (χ1v) is 8.66. The largest absolute Gasteiger partial charge is 0.426 e. The van der Waals surface area contributed by atoms with Crippen molar-refractivity contribution in [3.63, 3.8) is 0 Å². The fraction of sp³-hybridized carbons (Fsp3) is 0.500. The predicted molar refractivity (Wildman–Crippen MR) is 92.9 cm³/mol. The molecule has 1 heterocycles. The quantitative estimate of drug-likeness (QED) is 0.430. The SMILES string of the molecule is CC(=O)Nc1ccc(OC(=O)CC[N+]2(OC(=O)C(C)O)CCCC2)cc1. The number of hydrogen-bond donors (Lipinski definition) is 2. The van der Waals surface area contributed by atoms with Gasteiger partial charge in [-0.25, -0.2) is 4.79 Å². The van der Waals surface area contributed by atoms with Gasteiger partial charge in [-0.15, -0.1) is 4.65 Å². The average molecular weight is 365 g/mol. The summed E-state index contributed by atoms with van der Waals surface area (Å²) in [6, 6.07) is 6.47. The van der Waals surface area contributed by atoms with E-state index in [0.717, 1.165) is 12.8 Å². The second kappa shape index (κ2) is 8.77. The molecule has 26 heavy (non-hydrogen) atoms. The first-order chi connectivity index (χ1) is 12.3. The zero-order valence-electron chi connectivity index (χ0n) is 15.1. The van der Waals surface area contributed by atoms with E-state index in [1.54, 1.807) is 24.3 Å². The number of esters is 1. The second-order valence-electron chi connectivity index (χ2n) is 6.45. The van der Waals surface area contributed by atoms with Crippen molar-refractivity contribution in [2.45, 2.75) is 39.2 Å². The van der Waals surface area contributed by atoms with E-state index in [0.29, 0.717) is 31.1 Å². The van der Waals surface area contributed by atoms with Crippen molar-refractivity contribution in [2.24, 2.45) is 0 Å². The van der Waals surface area contributed by atoms with Gasteiger partial charge in [-0.1, -0.05) is 0 Å². The van der Waals surface area contributed by atoms with Crippen LogP contribution in [0.15, 0.2) is 24.3 Å². The molecule has 1 aromatic carbocycles. The first-order valence-electron chi connectivity index (χ1n) is 8.66. The fourth-order valence-corrected chi connectivity index (χ4v) is 2.83. The van der Waals surface area contributed by atoms with E-state index >= 15 is 0 Å². The summed E-state index contributed by atoms with van der Waals surface area (Å²) in [6.07, 6.45) is 0.680. The van der Waals surface area contributed by atoms with Gasteiger partial charge in [0.2, 0.25) is 5.91 Å². The number of nitrogens with one attached hydrogen (secondary N) is 1. The zero-order valence-corrected chi connectivity index (χ0v) is 15.1. The van der Waals surface area contributed by atoms with Gasteiger partial charge in [-0.2, -0.15) is 0 Å². The number of nitrogens with zero attached hydrogens (tertiary/aromatic N) is 1. The van der Waals surface area contributed by atoms with Crippen LogP contribution < -0.4 is 10.1 Å². The van der Waals surface area contributed by atoms with Crippen LogP contribution in [0.25, 0.3) is 0 Å². The van der Waals surface area contributed by atoms with Gasteiger partial charge in [0.15, 0.2) is 6.10 Å². The molecule has 1 atom stereocenters. The molecule has 1 unspecified atom stereocenters. The van der Waals surface area contributed by atoms with Crippen LogP contribution in [0.1, 0.15) is 33.1 Å². The maximum absolute atomic E-state index is 12.1. The third-order valence-corrected chi connectivity index (χ3v) is 4.14. The summed E-state index contributed by atoms with van der Waals surface area (Å²) < 4.78 is 5.32. The lowest BCUT2D eigenvalue weighted by Crippen LogP contribution is -2.49. The predicted octanol–water partition coefficient (Wildman–Crippen LogP) is 1.39. The summed E-state index contributed by atoms with van der Waals surface area (Å²) in [5.41, 5.74) is 0.615. The Labute approximate surface area is 152 Å². The van der Waals surface area contributed by atoms with E-state index in [9.17, 15) is 19.5 Å². The molecule has 0 aromatic heterocycles. The molecule has 2 rings (SSSR count). The van der Waals surface area contributed by atoms with Crippen LogP contribution in [0.5, 0.6) is 5.75 Å². The van der Waals surface area contributed by atoms with Crippen LogP contribution in [-0.2, 0) is 19.2 Å². The van der Waals surface area contributed by atoms with E-state index in [-0.39, 0.29) is 17.0 Å². The molecule has 0 saturated carbocycles. The standard InChI is InChI=1S/C18H24N2O6/c1-13(21)18(24)26-20(10-3-4-11-20)12-9-17(23)25-16-7-5-15(6-8-16)19-14(2)22/h5-8,13,21H,3-4,9-12H2,1-2H3/p+1. The highest BCUT2D eigenvalue weighted by molar-refractivity contribution is 5.88. The van der Waals surface area contributed by atoms with E-state index in [1.165, 1.54) is 13.8 Å². The van der Waals surface area contributed by atoms with Crippen molar-refractivity contribution in [3.05, 3.63) is 24.3 Å². The lowest BCUT2D eigenvalue weighted by atomic mass is 10.3. The Balaban J connectivity index is 1.88. The Morgan fingerprint density at radius 1 is 1.19 bits per heavy atom. The van der Waals surface area contributed by atoms with Crippen LogP contribution >= 0.6 is 0 Å². The number of rotatable bonds is 7. The minimum Gasteiger partial charge on any atom is -0.426 e. The minimum atomic E-state index is -1.19. The molecule has 8 nitrogen and oxygen atoms in total. The monoisotopic (exact) mass is 365 g/mol. The summed E-state index contributed by atoms with van der Waals surface area (Å²) in [4.78, 5) is 40.2. The molecule has 142 valence electrons. The van der Waals surface area contributed by atoms with Gasteiger partial charge in [0.25, 0.3) is 0 Å². The summed E-state index contributed by atoms with van der Waals surface area (Å²) in [6.45, 7) is 4.32. The Morgan fingerprint density at radius 2 is 1.81 bits per heavy atom. The number of aliphatic hydroxyl groups excluding tert-OH is 1. The third-order valence-electron chi connectivity index (χ3n) is 4.14. The molecular weight excluding hydrogens is 340 g/mol. The van der Waals surface area contributed by atoms with Gasteiger partial charge in [0.05, 0.1) is 6.42 Å². The maximum Gasteiger partial charge on any atom is 0.394 e. The van der Waals surface area contributed by atoms with Gasteiger partial charge >= 0.3 is 11.9 Å². The third kappa shape index (κ3) is 5.82. The molecule has 0 spiro atoms. The topological polar surface area (TPSA) is 102 Å². The number of ether oxygens (including phenoxy) is 1. The molecule has 0 radical (unpaired) electrons. The molecule has 1 aliphatic heterocycles. The normalized spacial score (nSPS) is 16.6. The van der Waals surface area contributed by atoms with E-state index < -0.39 is 18.0 Å². The fourth-order valence-electron chi connectivity index (χ4n) is 2.83. The van der Waals surface area contributed by atoms with Crippen molar-refractivity contribution in [3.8, 4) is 5.75 Å². The van der Waals surface area contributed by atoms with Crippen LogP contribution in [0.3, 0.4) is 0 Å². The first kappa shape index (κ1) is 19.9. The number of carbonyl (C=O) groups excluding carboxylic acids is 3. The number of likely N-dealkylation sites (tertiary alicyclic amines) is 1. The van der Waals surface area contributed by atoms with Crippen LogP contribution in [0.4, 0.5) is 5.69 Å². The number of amides is 1. The van der Waals surface area contributed by atoms with E-state index in [4.69, 9.17) is 9.57 Å². The lowest BCUT2D eigenvalue weighted by molar-refractivity contribution is -1.08. The maximum atomic E-state index is 12.1. The molecule has 2 N–H and O–H groups in total. The second-order valence-corrected chi connectivity index (χ2v) is 6.45. The zero-order chi connectivity index (χ0) is 19.2. The molecule has 1 fully saturated rings. The highest BCUT2D eigenvalue weighted by Gasteiger charge is 2.38. The molecule has 1 aliphatic rings. The number of hydroxylamine groups is 3. The van der Waals surface area contributed by atoms with Gasteiger partial charge in [-0.3, -0.25) is 14.4 Å². The summed E-state index contributed by atoms with van der Waals surface area (Å²) in [7, 11) is 0. The number of hydrogen-bond acceptors (Lipinski definition) is 6. The van der Waals surface area contributed by atoms with Gasteiger partial charge in [0.1, 0.15) is 25.4 Å². The summed E-state index contributed by atoms with van der Waals surface area (Å²) in [5.74, 6) is -0.928. The van der Waals surface area contributed by atoms with E-state index in [1.807, 2.05) is 0 Å². The van der Waals surface area contributed by atoms with E-state index in [2.05, 4.69) is 5.32 Å². The van der Waals surface area contributed by atoms with Gasteiger partial charge in [-0.05, 0) is 31.2 Å². The Bertz CT molecular complexity index is 650. The molecular formula is C18H25N2O6+. The Hall–Kier alpha value is -2.45. The number of benzene rings is 1. The Kier molecular flexibility index (Phi) is 6.70. The number of carbonyl (C=O) groups is 3. The van der Waals surface area contributed by atoms with Crippen molar-refractivity contribution in [2.75, 3.05) is 25.0 Å². The van der Waals surface area contributed by atoms with Crippen molar-refractivity contribution < 1.29 is 33.7 Å². The number of anilines is 1. The van der Waals surface area contributed by atoms with Gasteiger partial charge < -0.3 is 15.2 Å².